The molecule has 0 radical (unpaired) electrons. The highest BCUT2D eigenvalue weighted by Gasteiger charge is 2.20. The quantitative estimate of drug-likeness (QED) is 0.489. The van der Waals surface area contributed by atoms with Gasteiger partial charge < -0.3 is 9.84 Å². The lowest BCUT2D eigenvalue weighted by Crippen LogP contribution is -2.09. The molecular weight excluding hydrogens is 240 g/mol. The first-order chi connectivity index (χ1) is 8.49. The number of phenols is 1. The molecule has 1 rings (SSSR count). The number of hydrogen-bond acceptors (Lipinski definition) is 6. The molecule has 0 saturated heterocycles. The number of benzene rings is 1. The number of hydrogen-bond donors (Lipinski definition) is 1. The van der Waals surface area contributed by atoms with Crippen LogP contribution < -0.4 is 0 Å². The summed E-state index contributed by atoms with van der Waals surface area (Å²) in [6.45, 7) is 1.78. The number of rotatable bonds is 4. The van der Waals surface area contributed by atoms with Crippen molar-refractivity contribution in [3.05, 3.63) is 33.4 Å². The lowest BCUT2D eigenvalue weighted by atomic mass is 10.1. The van der Waals surface area contributed by atoms with E-state index in [0.29, 0.717) is 0 Å². The Morgan fingerprint density at radius 3 is 2.78 bits per heavy atom. The maximum absolute atomic E-state index is 11.3. The van der Waals surface area contributed by atoms with Crippen LogP contribution in [0.1, 0.15) is 18.1 Å². The maximum Gasteiger partial charge on any atom is 0.310 e. The van der Waals surface area contributed by atoms with Gasteiger partial charge in [-0.05, 0) is 13.0 Å². The van der Waals surface area contributed by atoms with E-state index < -0.39 is 22.3 Å². The number of aromatic hydroxyl groups is 1. The average Bonchev–Trinajstić information content (AvgIpc) is 2.29. The van der Waals surface area contributed by atoms with E-state index in [-0.39, 0.29) is 24.2 Å². The fourth-order valence-electron chi connectivity index (χ4n) is 1.39. The molecule has 0 amide bonds. The van der Waals surface area contributed by atoms with E-state index in [4.69, 9.17) is 5.26 Å². The summed E-state index contributed by atoms with van der Waals surface area (Å²) in [7, 11) is 0. The van der Waals surface area contributed by atoms with Crippen molar-refractivity contribution < 1.29 is 19.6 Å². The summed E-state index contributed by atoms with van der Waals surface area (Å²) in [5.74, 6) is -1.04. The molecule has 7 heteroatoms. The zero-order valence-electron chi connectivity index (χ0n) is 9.54. The third kappa shape index (κ3) is 2.95. The smallest absolute Gasteiger partial charge is 0.310 e. The lowest BCUT2D eigenvalue weighted by Gasteiger charge is -2.05. The van der Waals surface area contributed by atoms with Crippen LogP contribution in [0.3, 0.4) is 0 Å². The van der Waals surface area contributed by atoms with Gasteiger partial charge in [-0.15, -0.1) is 0 Å². The van der Waals surface area contributed by atoms with Gasteiger partial charge in [-0.3, -0.25) is 14.9 Å². The van der Waals surface area contributed by atoms with Crippen LogP contribution in [0.2, 0.25) is 0 Å². The molecule has 0 saturated carbocycles. The predicted molar refractivity (Wildman–Crippen MR) is 59.8 cm³/mol. The Kier molecular flexibility index (Phi) is 4.21. The first-order valence-electron chi connectivity index (χ1n) is 5.05. The van der Waals surface area contributed by atoms with Gasteiger partial charge in [0, 0.05) is 11.6 Å². The van der Waals surface area contributed by atoms with Crippen LogP contribution >= 0.6 is 0 Å². The van der Waals surface area contributed by atoms with Gasteiger partial charge in [-0.25, -0.2) is 0 Å². The number of nitro benzene ring substituents is 1. The summed E-state index contributed by atoms with van der Waals surface area (Å²) in [5, 5.41) is 28.9. The van der Waals surface area contributed by atoms with Crippen molar-refractivity contribution in [1.82, 2.24) is 0 Å². The zero-order valence-corrected chi connectivity index (χ0v) is 9.54. The van der Waals surface area contributed by atoms with Crippen LogP contribution in [-0.2, 0) is 16.0 Å². The van der Waals surface area contributed by atoms with E-state index in [1.807, 2.05) is 0 Å². The molecule has 0 aliphatic rings. The van der Waals surface area contributed by atoms with Gasteiger partial charge in [0.25, 0.3) is 5.69 Å². The first-order valence-corrected chi connectivity index (χ1v) is 5.05. The van der Waals surface area contributed by atoms with Crippen LogP contribution in [0.15, 0.2) is 12.1 Å². The summed E-state index contributed by atoms with van der Waals surface area (Å²) < 4.78 is 4.67. The largest absolute Gasteiger partial charge is 0.507 e. The van der Waals surface area contributed by atoms with E-state index >= 15 is 0 Å². The molecule has 0 unspecified atom stereocenters. The van der Waals surface area contributed by atoms with E-state index in [1.54, 1.807) is 13.0 Å². The molecule has 1 aromatic rings. The molecule has 0 spiro atoms. The summed E-state index contributed by atoms with van der Waals surface area (Å²) in [6.07, 6.45) is -0.330. The monoisotopic (exact) mass is 250 g/mol. The standard InChI is InChI=1S/C11H10N2O5/c1-2-18-11(15)5-7-4-10(14)8(6-12)3-9(7)13(16)17/h3-4,14H,2,5H2,1H3. The molecule has 0 heterocycles. The normalized spacial score (nSPS) is 9.56. The Morgan fingerprint density at radius 2 is 2.28 bits per heavy atom. The Balaban J connectivity index is 3.18. The Labute approximate surface area is 102 Å². The number of phenolic OH excluding ortho intramolecular Hbond substituents is 1. The van der Waals surface area contributed by atoms with Gasteiger partial charge >= 0.3 is 5.97 Å². The minimum Gasteiger partial charge on any atom is -0.507 e. The second kappa shape index (κ2) is 5.63. The molecular formula is C11H10N2O5. The fourth-order valence-corrected chi connectivity index (χ4v) is 1.39. The van der Waals surface area contributed by atoms with E-state index in [0.717, 1.165) is 12.1 Å². The molecule has 0 bridgehead atoms. The van der Waals surface area contributed by atoms with Gasteiger partial charge in [0.15, 0.2) is 0 Å². The van der Waals surface area contributed by atoms with E-state index in [9.17, 15) is 20.0 Å². The number of nitro groups is 1. The van der Waals surface area contributed by atoms with Crippen molar-refractivity contribution in [2.24, 2.45) is 0 Å². The Morgan fingerprint density at radius 1 is 1.61 bits per heavy atom. The van der Waals surface area contributed by atoms with Crippen LogP contribution in [0, 0.1) is 21.4 Å². The third-order valence-corrected chi connectivity index (χ3v) is 2.15. The number of carbonyl (C=O) groups is 1. The van der Waals surface area contributed by atoms with Crippen molar-refractivity contribution in [2.45, 2.75) is 13.3 Å². The summed E-state index contributed by atoms with van der Waals surface area (Å²) in [4.78, 5) is 21.4. The highest BCUT2D eigenvalue weighted by Crippen LogP contribution is 2.28. The summed E-state index contributed by atoms with van der Waals surface area (Å²) in [5.41, 5.74) is -0.596. The molecule has 7 nitrogen and oxygen atoms in total. The molecule has 0 atom stereocenters. The summed E-state index contributed by atoms with van der Waals surface area (Å²) in [6, 6.07) is 3.60. The molecule has 18 heavy (non-hydrogen) atoms. The zero-order chi connectivity index (χ0) is 13.7. The number of ether oxygens (including phenoxy) is 1. The van der Waals surface area contributed by atoms with E-state index in [2.05, 4.69) is 4.74 Å². The predicted octanol–water partition coefficient (Wildman–Crippen LogP) is 1.28. The van der Waals surface area contributed by atoms with Gasteiger partial charge in [-0.1, -0.05) is 0 Å². The minimum absolute atomic E-state index is 0.00921. The van der Waals surface area contributed by atoms with Gasteiger partial charge in [0.2, 0.25) is 0 Å². The Hall–Kier alpha value is -2.62. The van der Waals surface area contributed by atoms with Crippen LogP contribution in [-0.4, -0.2) is 22.6 Å². The second-order valence-corrected chi connectivity index (χ2v) is 3.35. The number of esters is 1. The summed E-state index contributed by atoms with van der Waals surface area (Å²) >= 11 is 0. The average molecular weight is 250 g/mol. The fraction of sp³-hybridized carbons (Fsp3) is 0.273. The van der Waals surface area contributed by atoms with Crippen LogP contribution in [0.5, 0.6) is 5.75 Å². The SMILES string of the molecule is CCOC(=O)Cc1cc(O)c(C#N)cc1[N+](=O)[O-]. The number of carbonyl (C=O) groups excluding carboxylic acids is 1. The van der Waals surface area contributed by atoms with E-state index in [1.165, 1.54) is 0 Å². The van der Waals surface area contributed by atoms with Crippen molar-refractivity contribution >= 4 is 11.7 Å². The Bertz CT molecular complexity index is 533. The molecule has 94 valence electrons. The molecule has 0 aromatic heterocycles. The van der Waals surface area contributed by atoms with Crippen molar-refractivity contribution in [3.8, 4) is 11.8 Å². The van der Waals surface area contributed by atoms with Crippen LogP contribution in [0.4, 0.5) is 5.69 Å². The van der Waals surface area contributed by atoms with Crippen LogP contribution in [0.25, 0.3) is 0 Å². The van der Waals surface area contributed by atoms with Gasteiger partial charge in [-0.2, -0.15) is 5.26 Å². The van der Waals surface area contributed by atoms with Crippen molar-refractivity contribution in [3.63, 3.8) is 0 Å². The first kappa shape index (κ1) is 13.4. The molecule has 0 fully saturated rings. The molecule has 1 N–H and O–H groups in total. The highest BCUT2D eigenvalue weighted by atomic mass is 16.6. The highest BCUT2D eigenvalue weighted by molar-refractivity contribution is 5.75. The maximum atomic E-state index is 11.3. The van der Waals surface area contributed by atoms with Crippen molar-refractivity contribution in [1.29, 1.82) is 5.26 Å². The number of nitrogens with zero attached hydrogens (tertiary/aromatic N) is 2. The molecule has 1 aromatic carbocycles. The second-order valence-electron chi connectivity index (χ2n) is 3.35. The topological polar surface area (TPSA) is 113 Å². The minimum atomic E-state index is -0.713. The van der Waals surface area contributed by atoms with Gasteiger partial charge in [0.1, 0.15) is 17.4 Å². The lowest BCUT2D eigenvalue weighted by molar-refractivity contribution is -0.385. The van der Waals surface area contributed by atoms with Crippen molar-refractivity contribution in [2.75, 3.05) is 6.61 Å². The third-order valence-electron chi connectivity index (χ3n) is 2.15. The molecule has 0 aliphatic heterocycles. The van der Waals surface area contributed by atoms with Gasteiger partial charge in [0.05, 0.1) is 18.0 Å². The molecule has 0 aliphatic carbocycles. The number of nitriles is 1.